The van der Waals surface area contributed by atoms with Crippen molar-refractivity contribution in [2.45, 2.75) is 25.7 Å². The van der Waals surface area contributed by atoms with Gasteiger partial charge in [0.1, 0.15) is 21.5 Å². The Balaban J connectivity index is 2.39. The molecule has 0 bridgehead atoms. The second-order valence-corrected chi connectivity index (χ2v) is 5.62. The fourth-order valence-corrected chi connectivity index (χ4v) is 3.49. The maximum absolute atomic E-state index is 11.8. The quantitative estimate of drug-likeness (QED) is 0.866. The summed E-state index contributed by atoms with van der Waals surface area (Å²) in [6.07, 6.45) is 4.69. The van der Waals surface area contributed by atoms with E-state index >= 15 is 0 Å². The van der Waals surface area contributed by atoms with Gasteiger partial charge in [0.15, 0.2) is 0 Å². The summed E-state index contributed by atoms with van der Waals surface area (Å²) in [4.78, 5) is 14.4. The molecule has 0 unspecified atom stereocenters. The maximum atomic E-state index is 11.8. The number of thiophene rings is 1. The summed E-state index contributed by atoms with van der Waals surface area (Å²) in [5.41, 5.74) is 6.70. The van der Waals surface area contributed by atoms with Gasteiger partial charge >= 0.3 is 0 Å². The Kier molecular flexibility index (Phi) is 4.27. The molecule has 0 aromatic carbocycles. The number of carbonyl (C=O) groups excluding carboxylic acids is 1. The molecule has 2 rings (SSSR count). The lowest BCUT2D eigenvalue weighted by atomic mass is 10.2. The minimum absolute atomic E-state index is 0.222. The summed E-state index contributed by atoms with van der Waals surface area (Å²) < 4.78 is 0. The first-order chi connectivity index (χ1) is 9.19. The number of rotatable bonds is 2. The van der Waals surface area contributed by atoms with Crippen LogP contribution in [0.15, 0.2) is 0 Å². The summed E-state index contributed by atoms with van der Waals surface area (Å²) in [7, 11) is 1.57. The molecule has 1 fully saturated rings. The lowest BCUT2D eigenvalue weighted by Crippen LogP contribution is -2.23. The first-order valence-corrected chi connectivity index (χ1v) is 7.30. The van der Waals surface area contributed by atoms with E-state index in [1.54, 1.807) is 7.05 Å². The van der Waals surface area contributed by atoms with Gasteiger partial charge in [0, 0.05) is 20.1 Å². The number of nitrogens with two attached hydrogens (primary N) is 1. The van der Waals surface area contributed by atoms with Crippen molar-refractivity contribution in [3.63, 3.8) is 0 Å². The topological polar surface area (TPSA) is 82.2 Å². The van der Waals surface area contributed by atoms with Gasteiger partial charge in [-0.05, 0) is 12.8 Å². The van der Waals surface area contributed by atoms with Gasteiger partial charge in [-0.2, -0.15) is 5.26 Å². The van der Waals surface area contributed by atoms with Crippen LogP contribution >= 0.6 is 11.3 Å². The van der Waals surface area contributed by atoms with Gasteiger partial charge in [0.2, 0.25) is 0 Å². The van der Waals surface area contributed by atoms with Gasteiger partial charge < -0.3 is 16.0 Å². The van der Waals surface area contributed by atoms with E-state index in [-0.39, 0.29) is 5.91 Å². The highest BCUT2D eigenvalue weighted by atomic mass is 32.1. The molecule has 0 saturated carbocycles. The number of hydrogen-bond acceptors (Lipinski definition) is 5. The van der Waals surface area contributed by atoms with Crippen LogP contribution in [0.1, 0.15) is 40.9 Å². The third kappa shape index (κ3) is 2.66. The van der Waals surface area contributed by atoms with Gasteiger partial charge in [0.05, 0.1) is 5.69 Å². The average Bonchev–Trinajstić information content (AvgIpc) is 2.61. The number of anilines is 2. The summed E-state index contributed by atoms with van der Waals surface area (Å²) in [5, 5.41) is 12.7. The van der Waals surface area contributed by atoms with E-state index in [2.05, 4.69) is 16.3 Å². The standard InChI is InChI=1S/C13H18N4OS/c1-16-12(18)11-10(15)9(8-14)13(19-11)17-6-4-2-3-5-7-17/h2-7,15H2,1H3,(H,16,18). The molecule has 0 atom stereocenters. The summed E-state index contributed by atoms with van der Waals surface area (Å²) in [5.74, 6) is -0.222. The maximum Gasteiger partial charge on any atom is 0.263 e. The second-order valence-electron chi connectivity index (χ2n) is 4.62. The molecular formula is C13H18N4OS. The van der Waals surface area contributed by atoms with Crippen LogP contribution in [0.4, 0.5) is 10.7 Å². The molecule has 1 saturated heterocycles. The van der Waals surface area contributed by atoms with Crippen LogP contribution in [-0.2, 0) is 0 Å². The molecular weight excluding hydrogens is 260 g/mol. The SMILES string of the molecule is CNC(=O)c1sc(N2CCCCCC2)c(C#N)c1N. The third-order valence-corrected chi connectivity index (χ3v) is 4.63. The highest BCUT2D eigenvalue weighted by Gasteiger charge is 2.24. The van der Waals surface area contributed by atoms with Crippen molar-refractivity contribution in [3.05, 3.63) is 10.4 Å². The van der Waals surface area contributed by atoms with Crippen LogP contribution in [0.3, 0.4) is 0 Å². The Morgan fingerprint density at radius 1 is 1.37 bits per heavy atom. The average molecular weight is 278 g/mol. The zero-order valence-corrected chi connectivity index (χ0v) is 11.8. The second kappa shape index (κ2) is 5.93. The summed E-state index contributed by atoms with van der Waals surface area (Å²) in [6.45, 7) is 1.86. The number of nitriles is 1. The van der Waals surface area contributed by atoms with E-state index in [1.165, 1.54) is 24.2 Å². The number of nitrogens with zero attached hydrogens (tertiary/aromatic N) is 2. The molecule has 102 valence electrons. The molecule has 19 heavy (non-hydrogen) atoms. The van der Waals surface area contributed by atoms with Crippen LogP contribution in [-0.4, -0.2) is 26.0 Å². The molecule has 5 nitrogen and oxygen atoms in total. The van der Waals surface area contributed by atoms with E-state index in [1.807, 2.05) is 0 Å². The lowest BCUT2D eigenvalue weighted by Gasteiger charge is -2.20. The summed E-state index contributed by atoms with van der Waals surface area (Å²) in [6, 6.07) is 2.14. The van der Waals surface area contributed by atoms with Crippen LogP contribution in [0.25, 0.3) is 0 Å². The first-order valence-electron chi connectivity index (χ1n) is 6.48. The Morgan fingerprint density at radius 2 is 2.00 bits per heavy atom. The minimum atomic E-state index is -0.222. The number of nitrogens with one attached hydrogen (secondary N) is 1. The van der Waals surface area contributed by atoms with Gasteiger partial charge in [-0.25, -0.2) is 0 Å². The Labute approximate surface area is 117 Å². The number of hydrogen-bond donors (Lipinski definition) is 2. The van der Waals surface area contributed by atoms with E-state index in [0.717, 1.165) is 30.9 Å². The molecule has 1 aromatic heterocycles. The molecule has 0 aliphatic carbocycles. The Morgan fingerprint density at radius 3 is 2.53 bits per heavy atom. The normalized spacial score (nSPS) is 15.7. The molecule has 1 aliphatic heterocycles. The van der Waals surface area contributed by atoms with Gasteiger partial charge in [-0.3, -0.25) is 4.79 Å². The number of amides is 1. The lowest BCUT2D eigenvalue weighted by molar-refractivity contribution is 0.0968. The Bertz CT molecular complexity index is 509. The van der Waals surface area contributed by atoms with E-state index in [9.17, 15) is 10.1 Å². The van der Waals surface area contributed by atoms with Crippen molar-refractivity contribution in [3.8, 4) is 6.07 Å². The fraction of sp³-hybridized carbons (Fsp3) is 0.538. The van der Waals surface area contributed by atoms with Crippen LogP contribution in [0.2, 0.25) is 0 Å². The monoisotopic (exact) mass is 278 g/mol. The molecule has 6 heteroatoms. The molecule has 1 aliphatic rings. The number of nitrogen functional groups attached to an aromatic ring is 1. The van der Waals surface area contributed by atoms with Gasteiger partial charge in [-0.1, -0.05) is 12.8 Å². The summed E-state index contributed by atoms with van der Waals surface area (Å²) >= 11 is 1.33. The zero-order chi connectivity index (χ0) is 13.8. The van der Waals surface area contributed by atoms with E-state index < -0.39 is 0 Å². The molecule has 1 amide bonds. The molecule has 0 radical (unpaired) electrons. The molecule has 0 spiro atoms. The van der Waals surface area contributed by atoms with Crippen molar-refractivity contribution >= 4 is 27.9 Å². The predicted octanol–water partition coefficient (Wildman–Crippen LogP) is 1.94. The van der Waals surface area contributed by atoms with Crippen molar-refractivity contribution in [2.75, 3.05) is 30.8 Å². The van der Waals surface area contributed by atoms with Crippen molar-refractivity contribution in [1.29, 1.82) is 5.26 Å². The van der Waals surface area contributed by atoms with E-state index in [0.29, 0.717) is 16.1 Å². The predicted molar refractivity (Wildman–Crippen MR) is 77.5 cm³/mol. The van der Waals surface area contributed by atoms with Crippen LogP contribution in [0.5, 0.6) is 0 Å². The molecule has 3 N–H and O–H groups in total. The van der Waals surface area contributed by atoms with Gasteiger partial charge in [0.25, 0.3) is 5.91 Å². The van der Waals surface area contributed by atoms with Crippen LogP contribution < -0.4 is 16.0 Å². The number of carbonyl (C=O) groups is 1. The van der Waals surface area contributed by atoms with Crippen molar-refractivity contribution < 1.29 is 4.79 Å². The first kappa shape index (κ1) is 13.7. The highest BCUT2D eigenvalue weighted by molar-refractivity contribution is 7.19. The molecule has 1 aromatic rings. The third-order valence-electron chi connectivity index (χ3n) is 3.36. The smallest absolute Gasteiger partial charge is 0.263 e. The minimum Gasteiger partial charge on any atom is -0.396 e. The highest BCUT2D eigenvalue weighted by Crippen LogP contribution is 2.38. The molecule has 2 heterocycles. The largest absolute Gasteiger partial charge is 0.396 e. The van der Waals surface area contributed by atoms with Crippen molar-refractivity contribution in [1.82, 2.24) is 5.32 Å². The fourth-order valence-electron chi connectivity index (χ4n) is 2.32. The Hall–Kier alpha value is -1.74. The van der Waals surface area contributed by atoms with E-state index in [4.69, 9.17) is 5.73 Å². The van der Waals surface area contributed by atoms with Gasteiger partial charge in [-0.15, -0.1) is 11.3 Å². The zero-order valence-electron chi connectivity index (χ0n) is 11.0. The van der Waals surface area contributed by atoms with Crippen LogP contribution in [0, 0.1) is 11.3 Å². The van der Waals surface area contributed by atoms with Crippen molar-refractivity contribution in [2.24, 2.45) is 0 Å².